The van der Waals surface area contributed by atoms with Gasteiger partial charge in [0, 0.05) is 89.3 Å². The Morgan fingerprint density at radius 2 is 1.53 bits per heavy atom. The molecule has 1 unspecified atom stereocenters. The molecule has 9 rings (SSSR count). The van der Waals surface area contributed by atoms with Crippen LogP contribution in [0.2, 0.25) is 5.02 Å². The Bertz CT molecular complexity index is 2260. The number of imide groups is 2. The van der Waals surface area contributed by atoms with Crippen LogP contribution in [0.3, 0.4) is 0 Å². The zero-order valence-corrected chi connectivity index (χ0v) is 34.6. The maximum absolute atomic E-state index is 13.5. The van der Waals surface area contributed by atoms with Crippen LogP contribution in [0.4, 0.5) is 17.1 Å². The van der Waals surface area contributed by atoms with Gasteiger partial charge in [-0.3, -0.25) is 39.1 Å². The Labute approximate surface area is 354 Å². The second-order valence-electron chi connectivity index (χ2n) is 17.4. The van der Waals surface area contributed by atoms with Gasteiger partial charge in [-0.2, -0.15) is 5.26 Å². The highest BCUT2D eigenvalue weighted by molar-refractivity contribution is 6.32. The van der Waals surface area contributed by atoms with Crippen LogP contribution < -0.4 is 20.0 Å². The normalized spacial score (nSPS) is 23.6. The summed E-state index contributed by atoms with van der Waals surface area (Å²) in [5, 5.41) is 12.0. The number of carbonyl (C=O) groups is 5. The summed E-state index contributed by atoms with van der Waals surface area (Å²) >= 11 is 6.37. The summed E-state index contributed by atoms with van der Waals surface area (Å²) in [5.41, 5.74) is 4.17. The highest BCUT2D eigenvalue weighted by Gasteiger charge is 2.46. The highest BCUT2D eigenvalue weighted by Crippen LogP contribution is 2.46. The van der Waals surface area contributed by atoms with E-state index in [1.807, 2.05) is 23.1 Å². The van der Waals surface area contributed by atoms with Gasteiger partial charge in [-0.05, 0) is 93.2 Å². The SMILES string of the molecule is C[C@H]1CC2(CCN(c3cnc(C(=O)N4CCC(CN5CCN(c6ccc7c(c6)C(=O)N(C6CCC(=O)NC6=O)C7=O)CC5)CC4)nc3)CC2)CN1c1ccc(C#N)c(Cl)c1. The second-order valence-corrected chi connectivity index (χ2v) is 17.8. The summed E-state index contributed by atoms with van der Waals surface area (Å²) in [4.78, 5) is 85.4. The van der Waals surface area contributed by atoms with Gasteiger partial charge < -0.3 is 19.6 Å². The zero-order chi connectivity index (χ0) is 41.7. The summed E-state index contributed by atoms with van der Waals surface area (Å²) in [5.74, 6) is -1.41. The van der Waals surface area contributed by atoms with Crippen LogP contribution in [0.1, 0.15) is 88.8 Å². The smallest absolute Gasteiger partial charge is 0.291 e. The standard InChI is InChI=1S/C44H49ClN10O5/c1-28-22-44(27-54(28)32-3-2-30(23-46)36(45)21-32)10-14-51(15-11-44)33-24-47-39(48-25-33)43(60)53-12-8-29(9-13-53)26-50-16-18-52(19-17-50)31-4-5-34-35(20-31)42(59)55(41(34)58)37-6-7-38(56)49-40(37)57/h2-5,20-21,24-25,28-29,37H,6-19,22,26-27H2,1H3,(H,49,56,57)/t28-,37?/m0/s1. The van der Waals surface area contributed by atoms with Crippen LogP contribution in [-0.2, 0) is 9.59 Å². The summed E-state index contributed by atoms with van der Waals surface area (Å²) in [6.45, 7) is 10.6. The van der Waals surface area contributed by atoms with Crippen molar-refractivity contribution in [3.05, 3.63) is 76.3 Å². The molecule has 2 atom stereocenters. The quantitative estimate of drug-likeness (QED) is 0.341. The molecule has 2 aromatic carbocycles. The number of carbonyl (C=O) groups excluding carboxylic acids is 5. The number of hydrogen-bond acceptors (Lipinski definition) is 12. The molecule has 0 saturated carbocycles. The van der Waals surface area contributed by atoms with E-state index in [9.17, 15) is 29.2 Å². The number of nitrogens with one attached hydrogen (secondary N) is 1. The number of hydrogen-bond donors (Lipinski definition) is 1. The van der Waals surface area contributed by atoms with Crippen LogP contribution in [-0.4, -0.2) is 132 Å². The number of aromatic nitrogens is 2. The van der Waals surface area contributed by atoms with Crippen molar-refractivity contribution in [1.29, 1.82) is 5.26 Å². The monoisotopic (exact) mass is 832 g/mol. The molecule has 3 aromatic rings. The van der Waals surface area contributed by atoms with E-state index in [0.717, 1.165) is 106 Å². The number of rotatable bonds is 7. The minimum Gasteiger partial charge on any atom is -0.369 e. The van der Waals surface area contributed by atoms with Crippen LogP contribution in [0.15, 0.2) is 48.8 Å². The largest absolute Gasteiger partial charge is 0.369 e. The Morgan fingerprint density at radius 1 is 0.850 bits per heavy atom. The fourth-order valence-corrected chi connectivity index (χ4v) is 10.5. The van der Waals surface area contributed by atoms with Gasteiger partial charge in [-0.15, -0.1) is 0 Å². The molecule has 16 heteroatoms. The molecule has 7 heterocycles. The number of piperidine rings is 3. The molecule has 312 valence electrons. The summed E-state index contributed by atoms with van der Waals surface area (Å²) in [6.07, 6.45) is 8.85. The lowest BCUT2D eigenvalue weighted by molar-refractivity contribution is -0.136. The summed E-state index contributed by atoms with van der Waals surface area (Å²) in [7, 11) is 0. The Hall–Kier alpha value is -5.59. The van der Waals surface area contributed by atoms with Gasteiger partial charge in [0.15, 0.2) is 0 Å². The fraction of sp³-hybridized carbons (Fsp3) is 0.500. The third kappa shape index (κ3) is 7.55. The molecular formula is C44H49ClN10O5. The minimum absolute atomic E-state index is 0.0860. The molecule has 0 aliphatic carbocycles. The fourth-order valence-electron chi connectivity index (χ4n) is 10.3. The third-order valence-corrected chi connectivity index (χ3v) is 14.1. The lowest BCUT2D eigenvalue weighted by Crippen LogP contribution is -2.54. The number of benzene rings is 2. The maximum atomic E-state index is 13.5. The first-order chi connectivity index (χ1) is 29.0. The lowest BCUT2D eigenvalue weighted by atomic mass is 9.76. The third-order valence-electron chi connectivity index (χ3n) is 13.8. The van der Waals surface area contributed by atoms with E-state index in [1.165, 1.54) is 0 Å². The van der Waals surface area contributed by atoms with Gasteiger partial charge >= 0.3 is 0 Å². The van der Waals surface area contributed by atoms with Gasteiger partial charge in [0.05, 0.1) is 39.8 Å². The molecule has 5 amide bonds. The highest BCUT2D eigenvalue weighted by atomic mass is 35.5. The van der Waals surface area contributed by atoms with E-state index in [2.05, 4.69) is 47.9 Å². The Morgan fingerprint density at radius 3 is 2.22 bits per heavy atom. The molecule has 1 N–H and O–H groups in total. The minimum atomic E-state index is -0.981. The van der Waals surface area contributed by atoms with Gasteiger partial charge in [0.25, 0.3) is 17.7 Å². The Kier molecular flexibility index (Phi) is 10.7. The van der Waals surface area contributed by atoms with Gasteiger partial charge in [-0.25, -0.2) is 9.97 Å². The topological polar surface area (TPSA) is 166 Å². The molecule has 0 bridgehead atoms. The van der Waals surface area contributed by atoms with Gasteiger partial charge in [0.2, 0.25) is 17.6 Å². The number of likely N-dealkylation sites (tertiary alicyclic amines) is 1. The lowest BCUT2D eigenvalue weighted by Gasteiger charge is -2.40. The van der Waals surface area contributed by atoms with Crippen molar-refractivity contribution in [3.63, 3.8) is 0 Å². The molecule has 1 aromatic heterocycles. The van der Waals surface area contributed by atoms with Gasteiger partial charge in [0.1, 0.15) is 12.1 Å². The molecule has 15 nitrogen and oxygen atoms in total. The first-order valence-electron chi connectivity index (χ1n) is 21.1. The van der Waals surface area contributed by atoms with E-state index >= 15 is 0 Å². The molecule has 60 heavy (non-hydrogen) atoms. The zero-order valence-electron chi connectivity index (χ0n) is 33.8. The maximum Gasteiger partial charge on any atom is 0.291 e. The van der Waals surface area contributed by atoms with Crippen LogP contribution in [0.5, 0.6) is 0 Å². The average molecular weight is 833 g/mol. The first-order valence-corrected chi connectivity index (χ1v) is 21.5. The number of piperazine rings is 1. The molecule has 1 spiro atoms. The molecule has 6 aliphatic heterocycles. The predicted molar refractivity (Wildman–Crippen MR) is 224 cm³/mol. The van der Waals surface area contributed by atoms with Crippen molar-refractivity contribution in [2.24, 2.45) is 11.3 Å². The molecule has 6 aliphatic rings. The van der Waals surface area contributed by atoms with Crippen LogP contribution >= 0.6 is 11.6 Å². The van der Waals surface area contributed by atoms with Crippen molar-refractivity contribution in [1.82, 2.24) is 30.0 Å². The number of anilines is 3. The van der Waals surface area contributed by atoms with Crippen molar-refractivity contribution >= 4 is 58.2 Å². The van der Waals surface area contributed by atoms with E-state index in [4.69, 9.17) is 11.6 Å². The van der Waals surface area contributed by atoms with Crippen LogP contribution in [0, 0.1) is 22.7 Å². The van der Waals surface area contributed by atoms with E-state index < -0.39 is 29.7 Å². The summed E-state index contributed by atoms with van der Waals surface area (Å²) in [6, 6.07) is 12.6. The number of halogens is 1. The van der Waals surface area contributed by atoms with E-state index in [-0.39, 0.29) is 35.6 Å². The van der Waals surface area contributed by atoms with Crippen molar-refractivity contribution < 1.29 is 24.0 Å². The van der Waals surface area contributed by atoms with E-state index in [1.54, 1.807) is 30.6 Å². The van der Waals surface area contributed by atoms with Crippen molar-refractivity contribution in [2.45, 2.75) is 64.0 Å². The second kappa shape index (κ2) is 16.1. The Balaban J connectivity index is 0.717. The molecule has 5 saturated heterocycles. The number of fused-ring (bicyclic) bond motifs is 1. The summed E-state index contributed by atoms with van der Waals surface area (Å²) < 4.78 is 0. The average Bonchev–Trinajstić information content (AvgIpc) is 3.71. The van der Waals surface area contributed by atoms with E-state index in [0.29, 0.717) is 41.2 Å². The molecule has 0 radical (unpaired) electrons. The van der Waals surface area contributed by atoms with Gasteiger partial charge in [-0.1, -0.05) is 11.6 Å². The van der Waals surface area contributed by atoms with Crippen molar-refractivity contribution in [3.8, 4) is 6.07 Å². The number of nitrogens with zero attached hydrogens (tertiary/aromatic N) is 9. The predicted octanol–water partition coefficient (Wildman–Crippen LogP) is 3.96. The first kappa shape index (κ1) is 39.8. The number of amides is 5. The molecule has 5 fully saturated rings. The number of nitriles is 1. The molecular weight excluding hydrogens is 784 g/mol. The van der Waals surface area contributed by atoms with Crippen LogP contribution in [0.25, 0.3) is 0 Å². The van der Waals surface area contributed by atoms with Crippen molar-refractivity contribution in [2.75, 3.05) is 80.1 Å².